The van der Waals surface area contributed by atoms with Gasteiger partial charge in [-0.15, -0.1) is 0 Å². The lowest BCUT2D eigenvalue weighted by Crippen LogP contribution is -2.51. The van der Waals surface area contributed by atoms with Gasteiger partial charge < -0.3 is 35.6 Å². The van der Waals surface area contributed by atoms with Crippen LogP contribution in [0.25, 0.3) is 0 Å². The number of likely N-dealkylation sites (tertiary alicyclic amines) is 2. The Morgan fingerprint density at radius 3 is 2.46 bits per heavy atom. The van der Waals surface area contributed by atoms with Gasteiger partial charge in [0.15, 0.2) is 6.10 Å². The van der Waals surface area contributed by atoms with Crippen LogP contribution in [0.3, 0.4) is 0 Å². The highest BCUT2D eigenvalue weighted by Crippen LogP contribution is 2.29. The number of carboxylic acids is 1. The number of carboxylic acid groups (broad SMARTS) is 1. The van der Waals surface area contributed by atoms with E-state index in [1.807, 2.05) is 47.1 Å². The highest BCUT2D eigenvalue weighted by molar-refractivity contribution is 6.33. The van der Waals surface area contributed by atoms with Gasteiger partial charge in [-0.3, -0.25) is 14.5 Å². The molecule has 2 saturated heterocycles. The number of benzene rings is 2. The number of nitrogen functional groups attached to an aromatic ring is 1. The molecule has 2 fully saturated rings. The fourth-order valence-corrected chi connectivity index (χ4v) is 7.78. The van der Waals surface area contributed by atoms with Crippen molar-refractivity contribution in [1.82, 2.24) is 19.6 Å². The predicted molar refractivity (Wildman–Crippen MR) is 193 cm³/mol. The van der Waals surface area contributed by atoms with E-state index in [4.69, 9.17) is 27.2 Å². The van der Waals surface area contributed by atoms with Crippen molar-refractivity contribution in [3.05, 3.63) is 58.1 Å². The minimum atomic E-state index is -1.06. The maximum absolute atomic E-state index is 13.9. The second-order valence-corrected chi connectivity index (χ2v) is 14.6. The number of hydrogen-bond donors (Lipinski definition) is 3. The van der Waals surface area contributed by atoms with Crippen LogP contribution in [0.4, 0.5) is 21.0 Å². The number of nitrogens with zero attached hydrogens (tertiary/aromatic N) is 4. The van der Waals surface area contributed by atoms with E-state index < -0.39 is 18.2 Å². The first-order valence-electron chi connectivity index (χ1n) is 17.7. The fourth-order valence-electron chi connectivity index (χ4n) is 7.49. The summed E-state index contributed by atoms with van der Waals surface area (Å²) in [6, 6.07) is 11.3. The zero-order valence-corrected chi connectivity index (χ0v) is 30.2. The van der Waals surface area contributed by atoms with E-state index in [1.54, 1.807) is 22.9 Å². The van der Waals surface area contributed by atoms with Gasteiger partial charge in [0.25, 0.3) is 5.91 Å². The molecule has 2 atom stereocenters. The van der Waals surface area contributed by atoms with Crippen molar-refractivity contribution in [2.45, 2.75) is 70.9 Å². The summed E-state index contributed by atoms with van der Waals surface area (Å²) >= 11 is 6.39. The lowest BCUT2D eigenvalue weighted by molar-refractivity contribution is -0.140. The second-order valence-electron chi connectivity index (χ2n) is 14.2. The van der Waals surface area contributed by atoms with E-state index in [9.17, 15) is 19.2 Å². The predicted octanol–water partition coefficient (Wildman–Crippen LogP) is 5.11. The van der Waals surface area contributed by atoms with Crippen molar-refractivity contribution in [3.63, 3.8) is 0 Å². The molecule has 50 heavy (non-hydrogen) atoms. The molecule has 3 aliphatic rings. The first kappa shape index (κ1) is 37.2. The summed E-state index contributed by atoms with van der Waals surface area (Å²) in [5.74, 6) is -0.293. The van der Waals surface area contributed by atoms with Crippen LogP contribution < -0.4 is 11.1 Å². The number of urea groups is 1. The van der Waals surface area contributed by atoms with Gasteiger partial charge in [0.1, 0.15) is 0 Å². The SMILES string of the molecule is Cc1cc(C[C@@H](OC(=O)N2CCC(N3CCc4ccccc4NC3=O)CC2)C(=O)N(C)CCC(C)C2CCN(CC(=O)O)CC2)cc(Cl)c1N. The molecule has 1 unspecified atom stereocenters. The van der Waals surface area contributed by atoms with Gasteiger partial charge in [-0.25, -0.2) is 9.59 Å². The average molecular weight is 711 g/mol. The molecule has 12 nitrogen and oxygen atoms in total. The number of para-hydroxylation sites is 1. The molecule has 3 heterocycles. The third kappa shape index (κ3) is 9.39. The molecule has 0 aliphatic carbocycles. The van der Waals surface area contributed by atoms with Crippen molar-refractivity contribution < 1.29 is 29.0 Å². The Morgan fingerprint density at radius 1 is 1.08 bits per heavy atom. The number of nitrogens with one attached hydrogen (secondary N) is 1. The van der Waals surface area contributed by atoms with Gasteiger partial charge in [0.05, 0.1) is 17.3 Å². The molecule has 272 valence electrons. The molecule has 0 saturated carbocycles. The van der Waals surface area contributed by atoms with Crippen molar-refractivity contribution >= 4 is 47.0 Å². The standard InChI is InChI=1S/C37H51ClN6O6/c1-24(27-9-15-42(16-10-27)23-33(45)46)8-14-41(3)35(47)32(22-26-20-25(2)34(39)30(38)21-26)50-37(49)43-17-12-29(13-18-43)44-19-11-28-6-4-5-7-31(28)40-36(44)48/h4-7,20-21,24,27,29,32H,8-19,22-23,39H2,1-3H3,(H,40,48)(H,45,46)/t24?,32-/m1/s1. The van der Waals surface area contributed by atoms with Crippen LogP contribution in [0.1, 0.15) is 55.7 Å². The second kappa shape index (κ2) is 16.8. The number of fused-ring (bicyclic) bond motifs is 1. The third-order valence-corrected chi connectivity index (χ3v) is 11.0. The summed E-state index contributed by atoms with van der Waals surface area (Å²) in [6.07, 6.45) is 3.15. The van der Waals surface area contributed by atoms with E-state index >= 15 is 0 Å². The number of piperidine rings is 2. The van der Waals surface area contributed by atoms with E-state index in [0.29, 0.717) is 61.6 Å². The number of nitrogens with two attached hydrogens (primary N) is 1. The number of carbonyl (C=O) groups excluding carboxylic acids is 3. The molecule has 2 aromatic rings. The Balaban J connectivity index is 1.18. The number of carbonyl (C=O) groups is 4. The Labute approximate surface area is 299 Å². The smallest absolute Gasteiger partial charge is 0.410 e. The van der Waals surface area contributed by atoms with Gasteiger partial charge in [0, 0.05) is 51.4 Å². The Morgan fingerprint density at radius 2 is 1.78 bits per heavy atom. The number of aryl methyl sites for hydroxylation is 1. The molecular weight excluding hydrogens is 660 g/mol. The minimum Gasteiger partial charge on any atom is -0.480 e. The molecule has 0 spiro atoms. The fraction of sp³-hybridized carbons (Fsp3) is 0.568. The van der Waals surface area contributed by atoms with Gasteiger partial charge in [-0.1, -0.05) is 42.8 Å². The summed E-state index contributed by atoms with van der Waals surface area (Å²) in [6.45, 7) is 7.54. The lowest BCUT2D eigenvalue weighted by Gasteiger charge is -2.38. The zero-order chi connectivity index (χ0) is 35.9. The zero-order valence-electron chi connectivity index (χ0n) is 29.4. The molecule has 0 bridgehead atoms. The maximum atomic E-state index is 13.9. The summed E-state index contributed by atoms with van der Waals surface area (Å²) < 4.78 is 5.99. The number of anilines is 2. The van der Waals surface area contributed by atoms with E-state index in [-0.39, 0.29) is 30.9 Å². The maximum Gasteiger partial charge on any atom is 0.410 e. The van der Waals surface area contributed by atoms with Crippen LogP contribution in [0.5, 0.6) is 0 Å². The van der Waals surface area contributed by atoms with E-state index in [2.05, 4.69) is 12.2 Å². The van der Waals surface area contributed by atoms with Gasteiger partial charge in [-0.2, -0.15) is 0 Å². The van der Waals surface area contributed by atoms with Gasteiger partial charge in [-0.05, 0) is 99.2 Å². The molecule has 0 aromatic heterocycles. The number of halogens is 1. The Hall–Kier alpha value is -4.03. The quantitative estimate of drug-likeness (QED) is 0.273. The minimum absolute atomic E-state index is 0.0109. The molecule has 13 heteroatoms. The number of likely N-dealkylation sites (N-methyl/N-ethyl adjacent to an activating group) is 1. The first-order chi connectivity index (χ1) is 23.9. The Bertz CT molecular complexity index is 1520. The summed E-state index contributed by atoms with van der Waals surface area (Å²) in [5.41, 5.74) is 10.0. The molecule has 4 N–H and O–H groups in total. The molecule has 0 radical (unpaired) electrons. The van der Waals surface area contributed by atoms with Gasteiger partial charge >= 0.3 is 18.1 Å². The van der Waals surface area contributed by atoms with Crippen LogP contribution in [-0.2, 0) is 27.2 Å². The number of aliphatic carboxylic acids is 1. The van der Waals surface area contributed by atoms with Crippen molar-refractivity contribution in [1.29, 1.82) is 0 Å². The van der Waals surface area contributed by atoms with E-state index in [1.165, 1.54) is 0 Å². The normalized spacial score (nSPS) is 18.8. The highest BCUT2D eigenvalue weighted by Gasteiger charge is 2.35. The molecule has 3 aliphatic heterocycles. The number of amides is 4. The van der Waals surface area contributed by atoms with Crippen LogP contribution in [0, 0.1) is 18.8 Å². The topological polar surface area (TPSA) is 149 Å². The van der Waals surface area contributed by atoms with Crippen LogP contribution in [0.2, 0.25) is 5.02 Å². The Kier molecular flexibility index (Phi) is 12.5. The first-order valence-corrected chi connectivity index (χ1v) is 18.1. The highest BCUT2D eigenvalue weighted by atomic mass is 35.5. The molecule has 5 rings (SSSR count). The molecule has 2 aromatic carbocycles. The van der Waals surface area contributed by atoms with Crippen LogP contribution in [-0.4, -0.2) is 114 Å². The number of rotatable bonds is 11. The summed E-state index contributed by atoms with van der Waals surface area (Å²) in [5, 5.41) is 12.5. The van der Waals surface area contributed by atoms with E-state index in [0.717, 1.165) is 61.2 Å². The summed E-state index contributed by atoms with van der Waals surface area (Å²) in [7, 11) is 1.74. The van der Waals surface area contributed by atoms with Crippen molar-refractivity contribution in [3.8, 4) is 0 Å². The average Bonchev–Trinajstić information content (AvgIpc) is 3.26. The largest absolute Gasteiger partial charge is 0.480 e. The van der Waals surface area contributed by atoms with Crippen LogP contribution in [0.15, 0.2) is 36.4 Å². The monoisotopic (exact) mass is 710 g/mol. The van der Waals surface area contributed by atoms with Crippen LogP contribution >= 0.6 is 11.6 Å². The summed E-state index contributed by atoms with van der Waals surface area (Å²) in [4.78, 5) is 58.8. The number of ether oxygens (including phenoxy) is 1. The third-order valence-electron chi connectivity index (χ3n) is 10.7. The molecular formula is C37H51ClN6O6. The lowest BCUT2D eigenvalue weighted by atomic mass is 9.83. The van der Waals surface area contributed by atoms with Crippen molar-refractivity contribution in [2.75, 3.05) is 63.9 Å². The molecule has 4 amide bonds. The van der Waals surface area contributed by atoms with Gasteiger partial charge in [0.2, 0.25) is 0 Å². The number of hydrogen-bond acceptors (Lipinski definition) is 7. The van der Waals surface area contributed by atoms with Crippen molar-refractivity contribution in [2.24, 2.45) is 11.8 Å².